The van der Waals surface area contributed by atoms with Crippen LogP contribution >= 0.6 is 0 Å². The summed E-state index contributed by atoms with van der Waals surface area (Å²) in [4.78, 5) is 12.0. The van der Waals surface area contributed by atoms with Crippen molar-refractivity contribution >= 4 is 5.78 Å². The molecular weight excluding hydrogens is 222 g/mol. The number of allylic oxidation sites excluding steroid dienone is 2. The molecule has 2 nitrogen and oxygen atoms in total. The maximum absolute atomic E-state index is 12.0. The van der Waals surface area contributed by atoms with Crippen LogP contribution in [-0.4, -0.2) is 11.8 Å². The van der Waals surface area contributed by atoms with Gasteiger partial charge in [0.2, 0.25) is 0 Å². The largest absolute Gasteiger partial charge is 0.386 e. The Bertz CT molecular complexity index is 416. The zero-order chi connectivity index (χ0) is 12.8. The van der Waals surface area contributed by atoms with Gasteiger partial charge in [0.25, 0.3) is 0 Å². The van der Waals surface area contributed by atoms with Gasteiger partial charge in [0, 0.05) is 23.4 Å². The molecule has 0 heterocycles. The minimum Gasteiger partial charge on any atom is -0.386 e. The van der Waals surface area contributed by atoms with Crippen LogP contribution in [0.4, 0.5) is 0 Å². The standard InChI is InChI=1S/C16H21NO/c1-13(17-15-10-6-3-7-11-15)12-16(18)14-8-4-2-5-9-14/h2,4-5,8-9,12,15,17H,3,6-7,10-11H2,1H3/b13-12+. The summed E-state index contributed by atoms with van der Waals surface area (Å²) in [5, 5.41) is 3.46. The van der Waals surface area contributed by atoms with Gasteiger partial charge in [0.1, 0.15) is 0 Å². The van der Waals surface area contributed by atoms with Crippen LogP contribution in [0.25, 0.3) is 0 Å². The zero-order valence-electron chi connectivity index (χ0n) is 11.0. The van der Waals surface area contributed by atoms with Crippen LogP contribution in [0.15, 0.2) is 42.1 Å². The van der Waals surface area contributed by atoms with Crippen LogP contribution in [0.2, 0.25) is 0 Å². The van der Waals surface area contributed by atoms with Crippen molar-refractivity contribution in [1.29, 1.82) is 0 Å². The van der Waals surface area contributed by atoms with Gasteiger partial charge >= 0.3 is 0 Å². The van der Waals surface area contributed by atoms with Crippen LogP contribution in [0.1, 0.15) is 49.4 Å². The third kappa shape index (κ3) is 3.73. The molecule has 1 aliphatic rings. The SMILES string of the molecule is C/C(=C\C(=O)c1ccccc1)NC1CCCCC1. The molecule has 2 heteroatoms. The minimum absolute atomic E-state index is 0.0800. The number of hydrogen-bond acceptors (Lipinski definition) is 2. The van der Waals surface area contributed by atoms with E-state index in [-0.39, 0.29) is 5.78 Å². The van der Waals surface area contributed by atoms with E-state index in [1.807, 2.05) is 37.3 Å². The molecule has 0 amide bonds. The number of carbonyl (C=O) groups is 1. The molecule has 1 aliphatic carbocycles. The maximum atomic E-state index is 12.0. The first-order valence-corrected chi connectivity index (χ1v) is 6.80. The number of benzene rings is 1. The first kappa shape index (κ1) is 12.9. The lowest BCUT2D eigenvalue weighted by atomic mass is 9.95. The lowest BCUT2D eigenvalue weighted by Crippen LogP contribution is -2.29. The molecular formula is C16H21NO. The molecule has 0 spiro atoms. The molecule has 1 saturated carbocycles. The lowest BCUT2D eigenvalue weighted by Gasteiger charge is -2.24. The fourth-order valence-electron chi connectivity index (χ4n) is 2.49. The molecule has 0 aliphatic heterocycles. The first-order valence-electron chi connectivity index (χ1n) is 6.80. The summed E-state index contributed by atoms with van der Waals surface area (Å²) in [6, 6.07) is 9.97. The Morgan fingerprint density at radius 2 is 1.83 bits per heavy atom. The van der Waals surface area contributed by atoms with E-state index in [1.165, 1.54) is 32.1 Å². The highest BCUT2D eigenvalue weighted by molar-refractivity contribution is 6.04. The molecule has 1 fully saturated rings. The summed E-state index contributed by atoms with van der Waals surface area (Å²) in [6.45, 7) is 1.98. The van der Waals surface area contributed by atoms with Gasteiger partial charge in [-0.3, -0.25) is 4.79 Å². The fraction of sp³-hybridized carbons (Fsp3) is 0.438. The molecule has 1 aromatic carbocycles. The Kier molecular flexibility index (Phi) is 4.57. The number of rotatable bonds is 4. The highest BCUT2D eigenvalue weighted by atomic mass is 16.1. The van der Waals surface area contributed by atoms with E-state index in [0.717, 1.165) is 11.3 Å². The predicted molar refractivity (Wildman–Crippen MR) is 74.5 cm³/mol. The monoisotopic (exact) mass is 243 g/mol. The molecule has 18 heavy (non-hydrogen) atoms. The normalized spacial score (nSPS) is 17.5. The van der Waals surface area contributed by atoms with Crippen molar-refractivity contribution in [2.45, 2.75) is 45.1 Å². The van der Waals surface area contributed by atoms with Gasteiger partial charge in [-0.05, 0) is 19.8 Å². The summed E-state index contributed by atoms with van der Waals surface area (Å²) >= 11 is 0. The van der Waals surface area contributed by atoms with Gasteiger partial charge in [-0.15, -0.1) is 0 Å². The minimum atomic E-state index is 0.0800. The van der Waals surface area contributed by atoms with Gasteiger partial charge in [-0.25, -0.2) is 0 Å². The highest BCUT2D eigenvalue weighted by Gasteiger charge is 2.13. The molecule has 0 bridgehead atoms. The van der Waals surface area contributed by atoms with Crippen molar-refractivity contribution in [2.75, 3.05) is 0 Å². The van der Waals surface area contributed by atoms with Crippen LogP contribution in [-0.2, 0) is 0 Å². The average molecular weight is 243 g/mol. The van der Waals surface area contributed by atoms with Crippen molar-refractivity contribution in [3.63, 3.8) is 0 Å². The number of hydrogen-bond donors (Lipinski definition) is 1. The molecule has 0 aromatic heterocycles. The molecule has 0 saturated heterocycles. The van der Waals surface area contributed by atoms with Crippen molar-refractivity contribution in [2.24, 2.45) is 0 Å². The second-order valence-corrected chi connectivity index (χ2v) is 5.04. The van der Waals surface area contributed by atoms with E-state index in [9.17, 15) is 4.79 Å². The third-order valence-electron chi connectivity index (χ3n) is 3.44. The van der Waals surface area contributed by atoms with Crippen LogP contribution in [0.5, 0.6) is 0 Å². The predicted octanol–water partition coefficient (Wildman–Crippen LogP) is 3.70. The summed E-state index contributed by atoms with van der Waals surface area (Å²) < 4.78 is 0. The zero-order valence-corrected chi connectivity index (χ0v) is 11.0. The van der Waals surface area contributed by atoms with Crippen LogP contribution < -0.4 is 5.32 Å². The average Bonchev–Trinajstić information content (AvgIpc) is 2.40. The molecule has 96 valence electrons. The number of ketones is 1. The highest BCUT2D eigenvalue weighted by Crippen LogP contribution is 2.18. The van der Waals surface area contributed by atoms with Crippen LogP contribution in [0, 0.1) is 0 Å². The Labute approximate surface area is 109 Å². The molecule has 0 radical (unpaired) electrons. The summed E-state index contributed by atoms with van der Waals surface area (Å²) in [7, 11) is 0. The number of nitrogens with one attached hydrogen (secondary N) is 1. The maximum Gasteiger partial charge on any atom is 0.187 e. The van der Waals surface area contributed by atoms with Crippen molar-refractivity contribution in [1.82, 2.24) is 5.32 Å². The molecule has 0 unspecified atom stereocenters. The quantitative estimate of drug-likeness (QED) is 0.645. The van der Waals surface area contributed by atoms with E-state index in [0.29, 0.717) is 6.04 Å². The topological polar surface area (TPSA) is 29.1 Å². The van der Waals surface area contributed by atoms with Gasteiger partial charge < -0.3 is 5.32 Å². The first-order chi connectivity index (χ1) is 8.75. The Hall–Kier alpha value is -1.57. The summed E-state index contributed by atoms with van der Waals surface area (Å²) in [5.74, 6) is 0.0800. The van der Waals surface area contributed by atoms with E-state index in [2.05, 4.69) is 5.32 Å². The summed E-state index contributed by atoms with van der Waals surface area (Å²) in [5.41, 5.74) is 1.73. The molecule has 1 aromatic rings. The smallest absolute Gasteiger partial charge is 0.187 e. The van der Waals surface area contributed by atoms with E-state index >= 15 is 0 Å². The third-order valence-corrected chi connectivity index (χ3v) is 3.44. The Balaban J connectivity index is 1.93. The van der Waals surface area contributed by atoms with Gasteiger partial charge in [0.05, 0.1) is 0 Å². The van der Waals surface area contributed by atoms with Gasteiger partial charge in [0.15, 0.2) is 5.78 Å². The van der Waals surface area contributed by atoms with Crippen molar-refractivity contribution in [3.8, 4) is 0 Å². The van der Waals surface area contributed by atoms with E-state index in [1.54, 1.807) is 6.08 Å². The summed E-state index contributed by atoms with van der Waals surface area (Å²) in [6.07, 6.45) is 8.12. The molecule has 0 atom stereocenters. The Morgan fingerprint density at radius 1 is 1.17 bits per heavy atom. The van der Waals surface area contributed by atoms with Crippen molar-refractivity contribution in [3.05, 3.63) is 47.7 Å². The van der Waals surface area contributed by atoms with Crippen molar-refractivity contribution < 1.29 is 4.79 Å². The van der Waals surface area contributed by atoms with Gasteiger partial charge in [-0.2, -0.15) is 0 Å². The number of carbonyl (C=O) groups excluding carboxylic acids is 1. The second kappa shape index (κ2) is 6.39. The van der Waals surface area contributed by atoms with Gasteiger partial charge in [-0.1, -0.05) is 49.6 Å². The van der Waals surface area contributed by atoms with Crippen LogP contribution in [0.3, 0.4) is 0 Å². The van der Waals surface area contributed by atoms with E-state index < -0.39 is 0 Å². The fourth-order valence-corrected chi connectivity index (χ4v) is 2.49. The van der Waals surface area contributed by atoms with E-state index in [4.69, 9.17) is 0 Å². The molecule has 2 rings (SSSR count). The second-order valence-electron chi connectivity index (χ2n) is 5.04. The molecule has 1 N–H and O–H groups in total. The lowest BCUT2D eigenvalue weighted by molar-refractivity contribution is 0.104. The Morgan fingerprint density at radius 3 is 2.50 bits per heavy atom.